The number of carbonyl (C=O) groups is 2. The van der Waals surface area contributed by atoms with Gasteiger partial charge in [0.1, 0.15) is 18.4 Å². The van der Waals surface area contributed by atoms with Gasteiger partial charge in [-0.1, -0.05) is 74.9 Å². The first kappa shape index (κ1) is 29.8. The molecule has 3 rings (SSSR count). The summed E-state index contributed by atoms with van der Waals surface area (Å²) < 4.78 is 43.4. The zero-order chi connectivity index (χ0) is 28.4. The number of benzene rings is 3. The average molecular weight is 554 g/mol. The van der Waals surface area contributed by atoms with Gasteiger partial charge in [0, 0.05) is 18.7 Å². The maximum absolute atomic E-state index is 14.6. The standard InChI is InChI=1S/C30H36FN3O4S/c1-4-6-20-32-30(36)23(3)33(21-25-15-10-12-18-27(25)31)29(35)22-34(28-19-13-11-14-24(28)5-2)39(37,38)26-16-8-7-9-17-26/h7-19,23H,4-6,20-22H2,1-3H3,(H,32,36)/t23-/m1/s1. The van der Waals surface area contributed by atoms with Crippen LogP contribution >= 0.6 is 0 Å². The molecule has 0 saturated heterocycles. The quantitative estimate of drug-likeness (QED) is 0.305. The van der Waals surface area contributed by atoms with Crippen LogP contribution in [0.15, 0.2) is 83.8 Å². The first-order valence-corrected chi connectivity index (χ1v) is 14.6. The number of nitrogens with zero attached hydrogens (tertiary/aromatic N) is 2. The Hall–Kier alpha value is -3.72. The number of hydrogen-bond donors (Lipinski definition) is 1. The summed E-state index contributed by atoms with van der Waals surface area (Å²) in [6, 6.07) is 20.0. The molecule has 0 spiro atoms. The van der Waals surface area contributed by atoms with Crippen molar-refractivity contribution in [2.45, 2.75) is 57.5 Å². The highest BCUT2D eigenvalue weighted by molar-refractivity contribution is 7.92. The lowest BCUT2D eigenvalue weighted by Gasteiger charge is -2.32. The number of unbranched alkanes of at least 4 members (excludes halogenated alkanes) is 1. The minimum absolute atomic E-state index is 0.0368. The van der Waals surface area contributed by atoms with Crippen molar-refractivity contribution in [3.8, 4) is 0 Å². The number of aryl methyl sites for hydroxylation is 1. The van der Waals surface area contributed by atoms with Crippen molar-refractivity contribution in [3.63, 3.8) is 0 Å². The summed E-state index contributed by atoms with van der Waals surface area (Å²) in [5.41, 5.74) is 1.35. The Morgan fingerprint density at radius 2 is 1.51 bits per heavy atom. The summed E-state index contributed by atoms with van der Waals surface area (Å²) in [5.74, 6) is -1.53. The van der Waals surface area contributed by atoms with E-state index in [4.69, 9.17) is 0 Å². The fourth-order valence-electron chi connectivity index (χ4n) is 4.21. The van der Waals surface area contributed by atoms with Gasteiger partial charge in [0.25, 0.3) is 10.0 Å². The maximum Gasteiger partial charge on any atom is 0.264 e. The van der Waals surface area contributed by atoms with Gasteiger partial charge in [0.2, 0.25) is 11.8 Å². The van der Waals surface area contributed by atoms with Crippen LogP contribution in [0.2, 0.25) is 0 Å². The normalized spacial score (nSPS) is 12.0. The van der Waals surface area contributed by atoms with E-state index in [2.05, 4.69) is 5.32 Å². The number of hydrogen-bond acceptors (Lipinski definition) is 4. The lowest BCUT2D eigenvalue weighted by atomic mass is 10.1. The highest BCUT2D eigenvalue weighted by atomic mass is 32.2. The van der Waals surface area contributed by atoms with Gasteiger partial charge in [0.05, 0.1) is 10.6 Å². The monoisotopic (exact) mass is 553 g/mol. The third-order valence-electron chi connectivity index (χ3n) is 6.55. The van der Waals surface area contributed by atoms with E-state index in [9.17, 15) is 22.4 Å². The van der Waals surface area contributed by atoms with Crippen LogP contribution in [0.4, 0.5) is 10.1 Å². The Morgan fingerprint density at radius 1 is 0.897 bits per heavy atom. The molecule has 0 unspecified atom stereocenters. The first-order valence-electron chi connectivity index (χ1n) is 13.2. The van der Waals surface area contributed by atoms with E-state index in [1.165, 1.54) is 23.1 Å². The highest BCUT2D eigenvalue weighted by Gasteiger charge is 2.33. The lowest BCUT2D eigenvalue weighted by molar-refractivity contribution is -0.139. The summed E-state index contributed by atoms with van der Waals surface area (Å²) >= 11 is 0. The summed E-state index contributed by atoms with van der Waals surface area (Å²) in [5, 5.41) is 2.82. The second-order valence-electron chi connectivity index (χ2n) is 9.24. The Labute approximate surface area is 230 Å². The van der Waals surface area contributed by atoms with Crippen molar-refractivity contribution < 1.29 is 22.4 Å². The fourth-order valence-corrected chi connectivity index (χ4v) is 5.69. The zero-order valence-corrected chi connectivity index (χ0v) is 23.5. The second-order valence-corrected chi connectivity index (χ2v) is 11.1. The summed E-state index contributed by atoms with van der Waals surface area (Å²) in [7, 11) is -4.15. The Morgan fingerprint density at radius 3 is 2.15 bits per heavy atom. The molecule has 3 aromatic rings. The van der Waals surface area contributed by atoms with Gasteiger partial charge in [-0.2, -0.15) is 0 Å². The Bertz CT molecular complexity index is 1370. The van der Waals surface area contributed by atoms with E-state index in [-0.39, 0.29) is 22.9 Å². The van der Waals surface area contributed by atoms with Crippen molar-refractivity contribution in [1.82, 2.24) is 10.2 Å². The number of anilines is 1. The topological polar surface area (TPSA) is 86.8 Å². The van der Waals surface area contributed by atoms with Crippen LogP contribution in [0.5, 0.6) is 0 Å². The van der Waals surface area contributed by atoms with Gasteiger partial charge in [-0.25, -0.2) is 12.8 Å². The van der Waals surface area contributed by atoms with Crippen LogP contribution < -0.4 is 9.62 Å². The SMILES string of the molecule is CCCCNC(=O)[C@@H](C)N(Cc1ccccc1F)C(=O)CN(c1ccccc1CC)S(=O)(=O)c1ccccc1. The van der Waals surface area contributed by atoms with Gasteiger partial charge >= 0.3 is 0 Å². The van der Waals surface area contributed by atoms with Crippen LogP contribution in [0, 0.1) is 5.82 Å². The predicted molar refractivity (Wildman–Crippen MR) is 151 cm³/mol. The van der Waals surface area contributed by atoms with Crippen molar-refractivity contribution >= 4 is 27.5 Å². The molecule has 0 bridgehead atoms. The molecule has 0 heterocycles. The Balaban J connectivity index is 2.03. The second kappa shape index (κ2) is 13.9. The molecule has 0 aliphatic rings. The van der Waals surface area contributed by atoms with Crippen molar-refractivity contribution in [2.24, 2.45) is 0 Å². The van der Waals surface area contributed by atoms with Gasteiger partial charge in [-0.15, -0.1) is 0 Å². The predicted octanol–water partition coefficient (Wildman–Crippen LogP) is 4.92. The molecule has 0 fully saturated rings. The van der Waals surface area contributed by atoms with Crippen LogP contribution in [0.1, 0.15) is 44.7 Å². The van der Waals surface area contributed by atoms with Gasteiger partial charge in [-0.05, 0) is 49.6 Å². The molecule has 39 heavy (non-hydrogen) atoms. The molecular weight excluding hydrogens is 517 g/mol. The van der Waals surface area contributed by atoms with E-state index < -0.39 is 34.3 Å². The minimum atomic E-state index is -4.15. The molecule has 9 heteroatoms. The van der Waals surface area contributed by atoms with Gasteiger partial charge in [0.15, 0.2) is 0 Å². The largest absolute Gasteiger partial charge is 0.354 e. The number of sulfonamides is 1. The maximum atomic E-state index is 14.6. The molecule has 0 aliphatic heterocycles. The average Bonchev–Trinajstić information content (AvgIpc) is 2.95. The number of para-hydroxylation sites is 1. The van der Waals surface area contributed by atoms with Crippen LogP contribution in [0.25, 0.3) is 0 Å². The number of nitrogens with one attached hydrogen (secondary N) is 1. The molecular formula is C30H36FN3O4S. The Kier molecular flexibility index (Phi) is 10.6. The number of amides is 2. The molecule has 3 aromatic carbocycles. The molecule has 7 nitrogen and oxygen atoms in total. The lowest BCUT2D eigenvalue weighted by Crippen LogP contribution is -2.51. The third-order valence-corrected chi connectivity index (χ3v) is 8.32. The fraction of sp³-hybridized carbons (Fsp3) is 0.333. The molecule has 2 amide bonds. The molecule has 208 valence electrons. The number of carbonyl (C=O) groups excluding carboxylic acids is 2. The van der Waals surface area contributed by atoms with E-state index in [1.807, 2.05) is 26.0 Å². The van der Waals surface area contributed by atoms with E-state index in [0.29, 0.717) is 18.7 Å². The molecule has 1 N–H and O–H groups in total. The van der Waals surface area contributed by atoms with Gasteiger partial charge < -0.3 is 10.2 Å². The third kappa shape index (κ3) is 7.44. The van der Waals surface area contributed by atoms with E-state index >= 15 is 0 Å². The van der Waals surface area contributed by atoms with Crippen molar-refractivity contribution in [3.05, 3.63) is 95.8 Å². The molecule has 0 saturated carbocycles. The molecule has 1 atom stereocenters. The highest BCUT2D eigenvalue weighted by Crippen LogP contribution is 2.28. The van der Waals surface area contributed by atoms with Gasteiger partial charge in [-0.3, -0.25) is 13.9 Å². The molecule has 0 aliphatic carbocycles. The smallest absolute Gasteiger partial charge is 0.264 e. The van der Waals surface area contributed by atoms with Crippen LogP contribution in [-0.4, -0.2) is 44.3 Å². The van der Waals surface area contributed by atoms with Crippen molar-refractivity contribution in [2.75, 3.05) is 17.4 Å². The van der Waals surface area contributed by atoms with Crippen LogP contribution in [0.3, 0.4) is 0 Å². The summed E-state index contributed by atoms with van der Waals surface area (Å²) in [4.78, 5) is 28.2. The van der Waals surface area contributed by atoms with E-state index in [1.54, 1.807) is 55.5 Å². The molecule has 0 radical (unpaired) electrons. The van der Waals surface area contributed by atoms with Crippen LogP contribution in [-0.2, 0) is 32.6 Å². The minimum Gasteiger partial charge on any atom is -0.354 e. The first-order chi connectivity index (χ1) is 18.7. The zero-order valence-electron chi connectivity index (χ0n) is 22.6. The van der Waals surface area contributed by atoms with E-state index in [0.717, 1.165) is 22.7 Å². The molecule has 0 aromatic heterocycles. The van der Waals surface area contributed by atoms with Crippen molar-refractivity contribution in [1.29, 1.82) is 0 Å². The number of halogens is 1. The summed E-state index contributed by atoms with van der Waals surface area (Å²) in [6.45, 7) is 5.16. The number of rotatable bonds is 13. The summed E-state index contributed by atoms with van der Waals surface area (Å²) in [6.07, 6.45) is 2.20.